The van der Waals surface area contributed by atoms with Crippen LogP contribution in [0.5, 0.6) is 0 Å². The number of alkyl halides is 1. The molecule has 1 unspecified atom stereocenters. The molecule has 1 aliphatic rings. The summed E-state index contributed by atoms with van der Waals surface area (Å²) >= 11 is 5.37. The average Bonchev–Trinajstić information content (AvgIpc) is 2.59. The van der Waals surface area contributed by atoms with E-state index in [1.54, 1.807) is 11.8 Å². The lowest BCUT2D eigenvalue weighted by molar-refractivity contribution is 0.368. The number of rotatable bonds is 1. The first kappa shape index (κ1) is 15.4. The minimum Gasteiger partial charge on any atom is -0.418 e. The van der Waals surface area contributed by atoms with Crippen molar-refractivity contribution in [3.8, 4) is 0 Å². The zero-order valence-electron chi connectivity index (χ0n) is 9.36. The van der Waals surface area contributed by atoms with E-state index in [2.05, 4.69) is 57.6 Å². The van der Waals surface area contributed by atoms with Gasteiger partial charge in [-0.3, -0.25) is 0 Å². The van der Waals surface area contributed by atoms with E-state index in [0.29, 0.717) is 4.28 Å². The minimum absolute atomic E-state index is 0.378. The van der Waals surface area contributed by atoms with Crippen LogP contribution in [0.1, 0.15) is 5.56 Å². The highest BCUT2D eigenvalue weighted by Crippen LogP contribution is 2.37. The van der Waals surface area contributed by atoms with Crippen molar-refractivity contribution in [1.29, 1.82) is 0 Å². The summed E-state index contributed by atoms with van der Waals surface area (Å²) in [5.74, 6) is 0. The molecule has 1 atom stereocenters. The van der Waals surface area contributed by atoms with E-state index in [1.807, 2.05) is 6.07 Å². The van der Waals surface area contributed by atoms with E-state index in [4.69, 9.17) is 0 Å². The lowest BCUT2D eigenvalue weighted by Gasteiger charge is -2.19. The summed E-state index contributed by atoms with van der Waals surface area (Å²) in [6, 6.07) is 10.4. The lowest BCUT2D eigenvalue weighted by Crippen LogP contribution is -2.17. The van der Waals surface area contributed by atoms with Crippen molar-refractivity contribution < 1.29 is 17.3 Å². The highest BCUT2D eigenvalue weighted by atomic mass is 79.9. The highest BCUT2D eigenvalue weighted by molar-refractivity contribution is 9.11. The molecule has 0 bridgehead atoms. The van der Waals surface area contributed by atoms with E-state index in [-0.39, 0.29) is 0 Å². The van der Waals surface area contributed by atoms with Crippen LogP contribution >= 0.6 is 27.7 Å². The SMILES string of the molecule is CN1C(c2ccccc2)=CSC1Br.F[B-](F)(F)F. The second-order valence-corrected chi connectivity index (χ2v) is 5.83. The molecular formula is C10H10BBrF4NS-. The lowest BCUT2D eigenvalue weighted by atomic mass is 10.2. The maximum Gasteiger partial charge on any atom is 0.673 e. The summed E-state index contributed by atoms with van der Waals surface area (Å²) < 4.78 is 39.4. The van der Waals surface area contributed by atoms with Crippen LogP contribution in [0.25, 0.3) is 5.70 Å². The minimum atomic E-state index is -6.00. The average molecular weight is 343 g/mol. The first-order valence-corrected chi connectivity index (χ1v) is 6.80. The zero-order chi connectivity index (χ0) is 13.8. The van der Waals surface area contributed by atoms with Gasteiger partial charge in [0.1, 0.15) is 4.28 Å². The molecule has 8 heteroatoms. The van der Waals surface area contributed by atoms with Crippen molar-refractivity contribution in [2.45, 2.75) is 4.28 Å². The van der Waals surface area contributed by atoms with Gasteiger partial charge in [-0.05, 0) is 11.0 Å². The first-order chi connectivity index (χ1) is 8.29. The Morgan fingerprint density at radius 2 is 1.67 bits per heavy atom. The number of hydrogen-bond acceptors (Lipinski definition) is 2. The smallest absolute Gasteiger partial charge is 0.418 e. The molecule has 0 saturated heterocycles. The second-order valence-electron chi connectivity index (χ2n) is 3.40. The highest BCUT2D eigenvalue weighted by Gasteiger charge is 2.21. The predicted molar refractivity (Wildman–Crippen MR) is 72.7 cm³/mol. The van der Waals surface area contributed by atoms with Gasteiger partial charge in [-0.15, -0.1) is 0 Å². The van der Waals surface area contributed by atoms with Crippen molar-refractivity contribution in [3.63, 3.8) is 0 Å². The number of benzene rings is 1. The predicted octanol–water partition coefficient (Wildman–Crippen LogP) is 4.64. The monoisotopic (exact) mass is 342 g/mol. The van der Waals surface area contributed by atoms with Gasteiger partial charge in [0.2, 0.25) is 0 Å². The maximum absolute atomic E-state index is 9.75. The quantitative estimate of drug-likeness (QED) is 0.316. The standard InChI is InChI=1S/C10H10BrNS.BF4/c1-12-9(7-13-10(12)11)8-5-3-2-4-6-8;2-1(3,4)5/h2-7,10H,1H3;/q;-1. The van der Waals surface area contributed by atoms with Crippen molar-refractivity contribution >= 4 is 40.6 Å². The fourth-order valence-electron chi connectivity index (χ4n) is 1.28. The van der Waals surface area contributed by atoms with Gasteiger partial charge in [-0.25, -0.2) is 0 Å². The van der Waals surface area contributed by atoms with Gasteiger partial charge < -0.3 is 22.2 Å². The third-order valence-corrected chi connectivity index (χ3v) is 4.21. The molecule has 1 nitrogen and oxygen atoms in total. The molecule has 0 radical (unpaired) electrons. The van der Waals surface area contributed by atoms with Crippen LogP contribution in [-0.4, -0.2) is 23.5 Å². The Hall–Kier alpha value is -0.625. The molecule has 0 amide bonds. The Bertz CT molecular complexity index is 406. The number of halogens is 5. The summed E-state index contributed by atoms with van der Waals surface area (Å²) in [4.78, 5) is 2.22. The molecule has 0 spiro atoms. The number of thioether (sulfide) groups is 1. The van der Waals surface area contributed by atoms with Crippen molar-refractivity contribution in [3.05, 3.63) is 41.3 Å². The van der Waals surface area contributed by atoms with Crippen LogP contribution in [0.2, 0.25) is 0 Å². The third-order valence-electron chi connectivity index (χ3n) is 2.05. The Balaban J connectivity index is 0.000000280. The van der Waals surface area contributed by atoms with Crippen LogP contribution in [0.4, 0.5) is 17.3 Å². The second kappa shape index (κ2) is 6.52. The van der Waals surface area contributed by atoms with Crippen LogP contribution < -0.4 is 0 Å². The molecule has 0 N–H and O–H groups in total. The molecule has 0 saturated carbocycles. The normalized spacial score (nSPS) is 19.1. The molecule has 0 aromatic heterocycles. The van der Waals surface area contributed by atoms with Crippen LogP contribution in [0, 0.1) is 0 Å². The van der Waals surface area contributed by atoms with Gasteiger partial charge in [0, 0.05) is 7.05 Å². The van der Waals surface area contributed by atoms with Crippen molar-refractivity contribution in [2.75, 3.05) is 7.05 Å². The topological polar surface area (TPSA) is 3.24 Å². The fraction of sp³-hybridized carbons (Fsp3) is 0.200. The van der Waals surface area contributed by atoms with E-state index in [0.717, 1.165) is 0 Å². The molecule has 100 valence electrons. The molecule has 0 fully saturated rings. The molecule has 1 aromatic carbocycles. The van der Waals surface area contributed by atoms with Gasteiger partial charge in [-0.2, -0.15) is 0 Å². The van der Waals surface area contributed by atoms with Crippen LogP contribution in [-0.2, 0) is 0 Å². The molecular weight excluding hydrogens is 333 g/mol. The van der Waals surface area contributed by atoms with Gasteiger partial charge in [-0.1, -0.05) is 58.0 Å². The van der Waals surface area contributed by atoms with Crippen LogP contribution in [0.15, 0.2) is 35.7 Å². The Kier molecular flexibility index (Phi) is 5.59. The summed E-state index contributed by atoms with van der Waals surface area (Å²) in [5, 5.41) is 2.19. The Morgan fingerprint density at radius 1 is 1.17 bits per heavy atom. The fourth-order valence-corrected chi connectivity index (χ4v) is 2.67. The molecule has 1 heterocycles. The van der Waals surface area contributed by atoms with E-state index in [9.17, 15) is 17.3 Å². The van der Waals surface area contributed by atoms with Gasteiger partial charge in [0.25, 0.3) is 0 Å². The summed E-state index contributed by atoms with van der Waals surface area (Å²) in [5.41, 5.74) is 2.56. The molecule has 2 rings (SSSR count). The summed E-state index contributed by atoms with van der Waals surface area (Å²) in [6.07, 6.45) is 0. The van der Waals surface area contributed by atoms with Crippen molar-refractivity contribution in [1.82, 2.24) is 4.90 Å². The van der Waals surface area contributed by atoms with Crippen molar-refractivity contribution in [2.24, 2.45) is 0 Å². The van der Waals surface area contributed by atoms with Gasteiger partial charge in [0.05, 0.1) is 5.70 Å². The third kappa shape index (κ3) is 5.35. The zero-order valence-corrected chi connectivity index (χ0v) is 11.8. The molecule has 1 aliphatic heterocycles. The molecule has 1 aromatic rings. The van der Waals surface area contributed by atoms with Gasteiger partial charge >= 0.3 is 7.25 Å². The van der Waals surface area contributed by atoms with E-state index >= 15 is 0 Å². The first-order valence-electron chi connectivity index (χ1n) is 4.94. The van der Waals surface area contributed by atoms with E-state index in [1.165, 1.54) is 11.3 Å². The Morgan fingerprint density at radius 3 is 2.06 bits per heavy atom. The largest absolute Gasteiger partial charge is 0.673 e. The molecule has 18 heavy (non-hydrogen) atoms. The Labute approximate surface area is 115 Å². The number of nitrogens with zero attached hydrogens (tertiary/aromatic N) is 1. The summed E-state index contributed by atoms with van der Waals surface area (Å²) in [7, 11) is -3.90. The van der Waals surface area contributed by atoms with E-state index < -0.39 is 7.25 Å². The summed E-state index contributed by atoms with van der Waals surface area (Å²) in [6.45, 7) is 0. The number of hydrogen-bond donors (Lipinski definition) is 0. The molecule has 0 aliphatic carbocycles. The maximum atomic E-state index is 9.75. The van der Waals surface area contributed by atoms with Gasteiger partial charge in [0.15, 0.2) is 0 Å². The van der Waals surface area contributed by atoms with Crippen LogP contribution in [0.3, 0.4) is 0 Å².